The fourth-order valence-corrected chi connectivity index (χ4v) is 0.806. The van der Waals surface area contributed by atoms with E-state index in [1.54, 1.807) is 0 Å². The topological polar surface area (TPSA) is 20.2 Å². The first-order valence-corrected chi connectivity index (χ1v) is 3.59. The van der Waals surface area contributed by atoms with E-state index in [9.17, 15) is 0 Å². The molecule has 0 heterocycles. The SMILES string of the molecule is OC(CCl)CC(Cl)Cl. The lowest BCUT2D eigenvalue weighted by Crippen LogP contribution is -2.11. The molecule has 1 atom stereocenters. The van der Waals surface area contributed by atoms with Crippen LogP contribution in [-0.2, 0) is 0 Å². The first-order valence-electron chi connectivity index (χ1n) is 2.19. The second-order valence-corrected chi connectivity index (χ2v) is 3.02. The first-order chi connectivity index (χ1) is 3.66. The number of aliphatic hydroxyl groups is 1. The van der Waals surface area contributed by atoms with Gasteiger partial charge in [-0.15, -0.1) is 34.8 Å². The number of alkyl halides is 3. The summed E-state index contributed by atoms with van der Waals surface area (Å²) in [4.78, 5) is -0.510. The van der Waals surface area contributed by atoms with Crippen LogP contribution >= 0.6 is 34.8 Å². The van der Waals surface area contributed by atoms with Crippen molar-refractivity contribution in [1.29, 1.82) is 0 Å². The van der Waals surface area contributed by atoms with Crippen LogP contribution in [0.5, 0.6) is 0 Å². The molecule has 0 rings (SSSR count). The van der Waals surface area contributed by atoms with Gasteiger partial charge in [0.05, 0.1) is 6.10 Å². The molecule has 0 radical (unpaired) electrons. The molecule has 0 aliphatic carbocycles. The maximum absolute atomic E-state index is 8.73. The molecule has 0 bridgehead atoms. The predicted octanol–water partition coefficient (Wildman–Crippen LogP) is 1.78. The summed E-state index contributed by atoms with van der Waals surface area (Å²) in [7, 11) is 0. The lowest BCUT2D eigenvalue weighted by atomic mass is 10.3. The van der Waals surface area contributed by atoms with Gasteiger partial charge in [-0.2, -0.15) is 0 Å². The third-order valence-electron chi connectivity index (χ3n) is 0.628. The Morgan fingerprint density at radius 2 is 1.88 bits per heavy atom. The van der Waals surface area contributed by atoms with Gasteiger partial charge in [0.1, 0.15) is 4.84 Å². The summed E-state index contributed by atoms with van der Waals surface area (Å²) < 4.78 is 0. The zero-order valence-electron chi connectivity index (χ0n) is 4.15. The molecule has 0 aromatic carbocycles. The Morgan fingerprint density at radius 3 is 2.00 bits per heavy atom. The minimum atomic E-state index is -0.573. The van der Waals surface area contributed by atoms with E-state index < -0.39 is 10.9 Å². The maximum Gasteiger partial charge on any atom is 0.110 e. The van der Waals surface area contributed by atoms with Crippen LogP contribution in [0.25, 0.3) is 0 Å². The summed E-state index contributed by atoms with van der Waals surface area (Å²) in [6.45, 7) is 0. The molecule has 0 aliphatic rings. The van der Waals surface area contributed by atoms with Crippen LogP contribution < -0.4 is 0 Å². The molecule has 0 spiro atoms. The quantitative estimate of drug-likeness (QED) is 0.652. The van der Waals surface area contributed by atoms with Crippen LogP contribution in [0, 0.1) is 0 Å². The fraction of sp³-hybridized carbons (Fsp3) is 1.00. The van der Waals surface area contributed by atoms with Gasteiger partial charge in [0, 0.05) is 12.3 Å². The van der Waals surface area contributed by atoms with E-state index in [0.29, 0.717) is 6.42 Å². The van der Waals surface area contributed by atoms with E-state index in [4.69, 9.17) is 39.9 Å². The Labute approximate surface area is 63.5 Å². The first kappa shape index (κ1) is 8.83. The second-order valence-electron chi connectivity index (χ2n) is 1.43. The Balaban J connectivity index is 3.10. The number of hydrogen-bond donors (Lipinski definition) is 1. The number of rotatable bonds is 3. The minimum absolute atomic E-state index is 0.190. The Kier molecular flexibility index (Phi) is 5.17. The number of halogens is 3. The van der Waals surface area contributed by atoms with E-state index in [-0.39, 0.29) is 5.88 Å². The fourth-order valence-electron chi connectivity index (χ4n) is 0.269. The molecule has 0 fully saturated rings. The van der Waals surface area contributed by atoms with Crippen molar-refractivity contribution in [3.05, 3.63) is 0 Å². The lowest BCUT2D eigenvalue weighted by Gasteiger charge is -2.04. The van der Waals surface area contributed by atoms with Crippen LogP contribution in [-0.4, -0.2) is 21.9 Å². The van der Waals surface area contributed by atoms with Crippen molar-refractivity contribution >= 4 is 34.8 Å². The monoisotopic (exact) mass is 176 g/mol. The van der Waals surface area contributed by atoms with Crippen molar-refractivity contribution < 1.29 is 5.11 Å². The molecule has 0 aliphatic heterocycles. The molecular formula is C4H7Cl3O. The second kappa shape index (κ2) is 4.68. The molecule has 4 heteroatoms. The largest absolute Gasteiger partial charge is 0.392 e. The molecule has 0 aromatic rings. The molecule has 0 saturated carbocycles. The van der Waals surface area contributed by atoms with Crippen molar-refractivity contribution in [3.8, 4) is 0 Å². The average Bonchev–Trinajstić information content (AvgIpc) is 1.65. The molecule has 1 nitrogen and oxygen atoms in total. The van der Waals surface area contributed by atoms with Crippen LogP contribution in [0.3, 0.4) is 0 Å². The van der Waals surface area contributed by atoms with Crippen molar-refractivity contribution in [2.45, 2.75) is 17.4 Å². The van der Waals surface area contributed by atoms with Gasteiger partial charge in [0.2, 0.25) is 0 Å². The highest BCUT2D eigenvalue weighted by atomic mass is 35.5. The van der Waals surface area contributed by atoms with Crippen molar-refractivity contribution in [3.63, 3.8) is 0 Å². The molecule has 1 unspecified atom stereocenters. The highest BCUT2D eigenvalue weighted by Crippen LogP contribution is 2.10. The van der Waals surface area contributed by atoms with Crippen molar-refractivity contribution in [2.24, 2.45) is 0 Å². The average molecular weight is 177 g/mol. The predicted molar refractivity (Wildman–Crippen MR) is 36.8 cm³/mol. The minimum Gasteiger partial charge on any atom is -0.392 e. The Hall–Kier alpha value is 0.830. The highest BCUT2D eigenvalue weighted by molar-refractivity contribution is 6.44. The summed E-state index contributed by atoms with van der Waals surface area (Å²) in [5, 5.41) is 8.73. The number of aliphatic hydroxyl groups excluding tert-OH is 1. The zero-order valence-corrected chi connectivity index (χ0v) is 6.42. The van der Waals surface area contributed by atoms with Gasteiger partial charge in [-0.1, -0.05) is 0 Å². The van der Waals surface area contributed by atoms with Gasteiger partial charge < -0.3 is 5.11 Å². The summed E-state index contributed by atoms with van der Waals surface area (Å²) in [6, 6.07) is 0. The highest BCUT2D eigenvalue weighted by Gasteiger charge is 2.06. The van der Waals surface area contributed by atoms with E-state index >= 15 is 0 Å². The normalized spacial score (nSPS) is 14.6. The van der Waals surface area contributed by atoms with Crippen LogP contribution in [0.1, 0.15) is 6.42 Å². The molecule has 0 aromatic heterocycles. The number of hydrogen-bond acceptors (Lipinski definition) is 1. The Bertz CT molecular complexity index is 57.2. The van der Waals surface area contributed by atoms with Crippen LogP contribution in [0.4, 0.5) is 0 Å². The van der Waals surface area contributed by atoms with Gasteiger partial charge in [0.15, 0.2) is 0 Å². The van der Waals surface area contributed by atoms with Gasteiger partial charge in [0.25, 0.3) is 0 Å². The Morgan fingerprint density at radius 1 is 1.38 bits per heavy atom. The van der Waals surface area contributed by atoms with Crippen LogP contribution in [0.15, 0.2) is 0 Å². The lowest BCUT2D eigenvalue weighted by molar-refractivity contribution is 0.192. The third-order valence-corrected chi connectivity index (χ3v) is 1.34. The van der Waals surface area contributed by atoms with Gasteiger partial charge in [-0.05, 0) is 0 Å². The summed E-state index contributed by atoms with van der Waals surface area (Å²) >= 11 is 15.8. The van der Waals surface area contributed by atoms with Crippen LogP contribution in [0.2, 0.25) is 0 Å². The molecule has 1 N–H and O–H groups in total. The summed E-state index contributed by atoms with van der Waals surface area (Å²) in [5.74, 6) is 0.190. The van der Waals surface area contributed by atoms with E-state index in [0.717, 1.165) is 0 Å². The van der Waals surface area contributed by atoms with Gasteiger partial charge in [-0.3, -0.25) is 0 Å². The zero-order chi connectivity index (χ0) is 6.57. The maximum atomic E-state index is 8.73. The smallest absolute Gasteiger partial charge is 0.110 e. The summed E-state index contributed by atoms with van der Waals surface area (Å²) in [6.07, 6.45) is -0.233. The third kappa shape index (κ3) is 4.98. The van der Waals surface area contributed by atoms with Crippen molar-refractivity contribution in [2.75, 3.05) is 5.88 Å². The molecule has 0 amide bonds. The standard InChI is InChI=1S/C4H7Cl3O/c5-2-3(8)1-4(6)7/h3-4,8H,1-2H2. The van der Waals surface area contributed by atoms with Gasteiger partial charge in [-0.25, -0.2) is 0 Å². The molecule has 0 saturated heterocycles. The summed E-state index contributed by atoms with van der Waals surface area (Å²) in [5.41, 5.74) is 0. The molecule has 50 valence electrons. The van der Waals surface area contributed by atoms with E-state index in [1.807, 2.05) is 0 Å². The van der Waals surface area contributed by atoms with Gasteiger partial charge >= 0.3 is 0 Å². The van der Waals surface area contributed by atoms with E-state index in [1.165, 1.54) is 0 Å². The van der Waals surface area contributed by atoms with E-state index in [2.05, 4.69) is 0 Å². The molecular weight excluding hydrogens is 170 g/mol. The molecule has 8 heavy (non-hydrogen) atoms. The van der Waals surface area contributed by atoms with Crippen molar-refractivity contribution in [1.82, 2.24) is 0 Å².